The highest BCUT2D eigenvalue weighted by Crippen LogP contribution is 2.26. The van der Waals surface area contributed by atoms with Gasteiger partial charge >= 0.3 is 0 Å². The third-order valence-electron chi connectivity index (χ3n) is 3.20. The minimum absolute atomic E-state index is 0.674. The Balaban J connectivity index is 2.32. The number of hydrogen-bond donors (Lipinski definition) is 1. The zero-order valence-electron chi connectivity index (χ0n) is 11.6. The smallest absolute Gasteiger partial charge is 0.142 e. The zero-order chi connectivity index (χ0) is 13.8. The number of imidazole rings is 1. The van der Waals surface area contributed by atoms with E-state index >= 15 is 0 Å². The summed E-state index contributed by atoms with van der Waals surface area (Å²) in [6.45, 7) is 4.94. The van der Waals surface area contributed by atoms with Gasteiger partial charge in [-0.3, -0.25) is 0 Å². The van der Waals surface area contributed by atoms with Crippen molar-refractivity contribution in [2.24, 2.45) is 0 Å². The third kappa shape index (κ3) is 2.79. The molecular weight excluding hydrogens is 240 g/mol. The molecule has 0 saturated carbocycles. The van der Waals surface area contributed by atoms with E-state index < -0.39 is 6.10 Å². The van der Waals surface area contributed by atoms with Crippen LogP contribution in [0.15, 0.2) is 30.6 Å². The highest BCUT2D eigenvalue weighted by Gasteiger charge is 2.17. The second-order valence-corrected chi connectivity index (χ2v) is 4.61. The largest absolute Gasteiger partial charge is 0.496 e. The van der Waals surface area contributed by atoms with Gasteiger partial charge in [0.25, 0.3) is 0 Å². The van der Waals surface area contributed by atoms with Crippen LogP contribution in [0, 0.1) is 6.92 Å². The molecule has 0 aliphatic carbocycles. The van der Waals surface area contributed by atoms with Gasteiger partial charge in [0.1, 0.15) is 17.7 Å². The summed E-state index contributed by atoms with van der Waals surface area (Å²) in [5.41, 5.74) is 1.85. The summed E-state index contributed by atoms with van der Waals surface area (Å²) >= 11 is 0. The van der Waals surface area contributed by atoms with Crippen molar-refractivity contribution in [1.29, 1.82) is 0 Å². The lowest BCUT2D eigenvalue weighted by atomic mass is 10.1. The average Bonchev–Trinajstić information content (AvgIpc) is 2.87. The van der Waals surface area contributed by atoms with Gasteiger partial charge in [0.15, 0.2) is 0 Å². The Bertz CT molecular complexity index is 549. The molecular formula is C15H20N2O2. The van der Waals surface area contributed by atoms with E-state index in [9.17, 15) is 5.11 Å². The Kier molecular flexibility index (Phi) is 4.22. The maximum absolute atomic E-state index is 10.5. The van der Waals surface area contributed by atoms with Gasteiger partial charge in [-0.2, -0.15) is 0 Å². The van der Waals surface area contributed by atoms with E-state index in [0.29, 0.717) is 5.82 Å². The average molecular weight is 260 g/mol. The summed E-state index contributed by atoms with van der Waals surface area (Å²) in [4.78, 5) is 4.26. The molecule has 1 atom stereocenters. The molecule has 0 radical (unpaired) electrons. The predicted octanol–water partition coefficient (Wildman–Crippen LogP) is 2.69. The van der Waals surface area contributed by atoms with Crippen molar-refractivity contribution in [2.75, 3.05) is 7.11 Å². The number of aryl methyl sites for hydroxylation is 2. The highest BCUT2D eigenvalue weighted by atomic mass is 16.5. The fourth-order valence-electron chi connectivity index (χ4n) is 2.15. The fourth-order valence-corrected chi connectivity index (χ4v) is 2.15. The minimum Gasteiger partial charge on any atom is -0.496 e. The number of ether oxygens (including phenoxy) is 1. The van der Waals surface area contributed by atoms with Crippen LogP contribution in [0.5, 0.6) is 5.75 Å². The van der Waals surface area contributed by atoms with Crippen LogP contribution in [0.2, 0.25) is 0 Å². The number of aliphatic hydroxyl groups is 1. The lowest BCUT2D eigenvalue weighted by Gasteiger charge is -2.15. The number of nitrogens with zero attached hydrogens (tertiary/aromatic N) is 2. The summed E-state index contributed by atoms with van der Waals surface area (Å²) in [6.07, 6.45) is 3.90. The molecule has 0 aliphatic heterocycles. The normalized spacial score (nSPS) is 12.4. The Labute approximate surface area is 113 Å². The monoisotopic (exact) mass is 260 g/mol. The first-order chi connectivity index (χ1) is 9.17. The second-order valence-electron chi connectivity index (χ2n) is 4.61. The summed E-state index contributed by atoms with van der Waals surface area (Å²) < 4.78 is 7.28. The number of rotatable bonds is 5. The van der Waals surface area contributed by atoms with Crippen LogP contribution >= 0.6 is 0 Å². The van der Waals surface area contributed by atoms with Crippen LogP contribution in [0.25, 0.3) is 0 Å². The first-order valence-corrected chi connectivity index (χ1v) is 6.51. The summed E-state index contributed by atoms with van der Waals surface area (Å²) in [6, 6.07) is 5.73. The third-order valence-corrected chi connectivity index (χ3v) is 3.20. The highest BCUT2D eigenvalue weighted by molar-refractivity contribution is 5.38. The van der Waals surface area contributed by atoms with Gasteiger partial charge in [-0.05, 0) is 30.5 Å². The molecule has 102 valence electrons. The molecule has 19 heavy (non-hydrogen) atoms. The number of methoxy groups -OCH3 is 1. The zero-order valence-corrected chi connectivity index (χ0v) is 11.6. The molecule has 0 aliphatic rings. The van der Waals surface area contributed by atoms with Crippen LogP contribution in [0.1, 0.15) is 36.4 Å². The molecule has 4 heteroatoms. The molecule has 0 amide bonds. The fraction of sp³-hybridized carbons (Fsp3) is 0.400. The quantitative estimate of drug-likeness (QED) is 0.899. The van der Waals surface area contributed by atoms with E-state index in [-0.39, 0.29) is 0 Å². The van der Waals surface area contributed by atoms with E-state index in [0.717, 1.165) is 29.8 Å². The molecule has 2 aromatic rings. The lowest BCUT2D eigenvalue weighted by molar-refractivity contribution is 0.204. The minimum atomic E-state index is -0.726. The Morgan fingerprint density at radius 2 is 2.21 bits per heavy atom. The van der Waals surface area contributed by atoms with Gasteiger partial charge < -0.3 is 14.4 Å². The molecule has 1 heterocycles. The van der Waals surface area contributed by atoms with Gasteiger partial charge in [-0.1, -0.05) is 19.1 Å². The van der Waals surface area contributed by atoms with Gasteiger partial charge in [0, 0.05) is 18.9 Å². The second kappa shape index (κ2) is 5.89. The van der Waals surface area contributed by atoms with Crippen molar-refractivity contribution in [3.8, 4) is 5.75 Å². The maximum atomic E-state index is 10.5. The SMILES string of the molecule is CCCn1ccnc1C(O)c1ccc(C)c(OC)c1. The van der Waals surface area contributed by atoms with Gasteiger partial charge in [0.05, 0.1) is 7.11 Å². The molecule has 2 rings (SSSR count). The molecule has 0 saturated heterocycles. The molecule has 4 nitrogen and oxygen atoms in total. The molecule has 1 aromatic carbocycles. The summed E-state index contributed by atoms with van der Waals surface area (Å²) in [7, 11) is 1.64. The van der Waals surface area contributed by atoms with Gasteiger partial charge in [0.2, 0.25) is 0 Å². The van der Waals surface area contributed by atoms with E-state index in [1.807, 2.05) is 35.9 Å². The lowest BCUT2D eigenvalue weighted by Crippen LogP contribution is -2.10. The van der Waals surface area contributed by atoms with Crippen LogP contribution in [0.4, 0.5) is 0 Å². The topological polar surface area (TPSA) is 47.3 Å². The van der Waals surface area contributed by atoms with Crippen molar-refractivity contribution in [3.05, 3.63) is 47.5 Å². The number of aromatic nitrogens is 2. The Morgan fingerprint density at radius 1 is 1.42 bits per heavy atom. The maximum Gasteiger partial charge on any atom is 0.142 e. The number of benzene rings is 1. The molecule has 0 fully saturated rings. The Hall–Kier alpha value is -1.81. The molecule has 1 N–H and O–H groups in total. The van der Waals surface area contributed by atoms with E-state index in [1.165, 1.54) is 0 Å². The number of hydrogen-bond acceptors (Lipinski definition) is 3. The van der Waals surface area contributed by atoms with Crippen molar-refractivity contribution in [2.45, 2.75) is 32.9 Å². The van der Waals surface area contributed by atoms with E-state index in [2.05, 4.69) is 11.9 Å². The van der Waals surface area contributed by atoms with Crippen LogP contribution in [-0.4, -0.2) is 21.8 Å². The Morgan fingerprint density at radius 3 is 2.89 bits per heavy atom. The molecule has 1 aromatic heterocycles. The standard InChI is InChI=1S/C15H20N2O2/c1-4-8-17-9-7-16-15(17)14(18)12-6-5-11(2)13(10-12)19-3/h5-7,9-10,14,18H,4,8H2,1-3H3. The first kappa shape index (κ1) is 13.6. The van der Waals surface area contributed by atoms with Crippen LogP contribution in [-0.2, 0) is 6.54 Å². The molecule has 0 spiro atoms. The molecule has 1 unspecified atom stereocenters. The van der Waals surface area contributed by atoms with Crippen molar-refractivity contribution >= 4 is 0 Å². The summed E-state index contributed by atoms with van der Waals surface area (Å²) in [5.74, 6) is 1.46. The van der Waals surface area contributed by atoms with Crippen LogP contribution < -0.4 is 4.74 Å². The van der Waals surface area contributed by atoms with E-state index in [1.54, 1.807) is 13.3 Å². The van der Waals surface area contributed by atoms with E-state index in [4.69, 9.17) is 4.74 Å². The van der Waals surface area contributed by atoms with Crippen molar-refractivity contribution < 1.29 is 9.84 Å². The molecule has 0 bridgehead atoms. The predicted molar refractivity (Wildman–Crippen MR) is 74.3 cm³/mol. The van der Waals surface area contributed by atoms with Crippen molar-refractivity contribution in [1.82, 2.24) is 9.55 Å². The van der Waals surface area contributed by atoms with Crippen LogP contribution in [0.3, 0.4) is 0 Å². The van der Waals surface area contributed by atoms with Gasteiger partial charge in [-0.15, -0.1) is 0 Å². The number of aliphatic hydroxyl groups excluding tert-OH is 1. The first-order valence-electron chi connectivity index (χ1n) is 6.51. The van der Waals surface area contributed by atoms with Gasteiger partial charge in [-0.25, -0.2) is 4.98 Å². The van der Waals surface area contributed by atoms with Crippen molar-refractivity contribution in [3.63, 3.8) is 0 Å². The summed E-state index contributed by atoms with van der Waals surface area (Å²) in [5, 5.41) is 10.5.